The van der Waals surface area contributed by atoms with E-state index in [1.54, 1.807) is 20.8 Å². The molecule has 0 aromatic carbocycles. The minimum atomic E-state index is -1.41. The van der Waals surface area contributed by atoms with Gasteiger partial charge in [0.05, 0.1) is 0 Å². The molecule has 0 spiro atoms. The van der Waals surface area contributed by atoms with E-state index in [-0.39, 0.29) is 24.3 Å². The molecule has 82 valence electrons. The Morgan fingerprint density at radius 1 is 1.57 bits per heavy atom. The van der Waals surface area contributed by atoms with Crippen molar-refractivity contribution < 1.29 is 19.8 Å². The maximum absolute atomic E-state index is 11.2. The quantitative estimate of drug-likeness (QED) is 0.196. The Morgan fingerprint density at radius 2 is 2.14 bits per heavy atom. The highest BCUT2D eigenvalue weighted by Gasteiger charge is 2.17. The van der Waals surface area contributed by atoms with E-state index in [0.717, 1.165) is 0 Å². The molecule has 1 unspecified atom stereocenters. The Balaban J connectivity index is 4.24. The number of oxime groups is 1. The minimum absolute atomic E-state index is 0.248. The van der Waals surface area contributed by atoms with Gasteiger partial charge < -0.3 is 20.4 Å². The number of carbonyl (C=O) groups is 1. The van der Waals surface area contributed by atoms with Crippen LogP contribution >= 0.6 is 0 Å². The average Bonchev–Trinajstić information content (AvgIpc) is 2.13. The second-order valence-corrected chi connectivity index (χ2v) is 2.94. The van der Waals surface area contributed by atoms with Gasteiger partial charge in [-0.2, -0.15) is 0 Å². The molecule has 0 radical (unpaired) electrons. The number of rotatable bonds is 4. The number of amidine groups is 1. The summed E-state index contributed by atoms with van der Waals surface area (Å²) >= 11 is 0. The van der Waals surface area contributed by atoms with Crippen LogP contribution in [0.5, 0.6) is 0 Å². The number of aliphatic hydroxyl groups excluding tert-OH is 1. The number of nitrogens with one attached hydrogen (secondary N) is 1. The summed E-state index contributed by atoms with van der Waals surface area (Å²) < 4.78 is 4.73. The van der Waals surface area contributed by atoms with Crippen LogP contribution in [0.2, 0.25) is 0 Å². The second-order valence-electron chi connectivity index (χ2n) is 2.94. The van der Waals surface area contributed by atoms with Gasteiger partial charge in [-0.3, -0.25) is 4.79 Å². The number of carbonyl (C=O) groups excluding carboxylic acids is 1. The summed E-state index contributed by atoms with van der Waals surface area (Å²) in [6.45, 7) is 5.27. The lowest BCUT2D eigenvalue weighted by Crippen LogP contribution is -2.42. The van der Waals surface area contributed by atoms with Crippen LogP contribution in [0.3, 0.4) is 0 Å². The van der Waals surface area contributed by atoms with Crippen molar-refractivity contribution in [3.05, 3.63) is 0 Å². The molecule has 6 heteroatoms. The van der Waals surface area contributed by atoms with Crippen molar-refractivity contribution in [1.29, 1.82) is 0 Å². The maximum atomic E-state index is 11.2. The van der Waals surface area contributed by atoms with Crippen LogP contribution in [0.25, 0.3) is 0 Å². The molecule has 0 saturated carbocycles. The molecular weight excluding hydrogens is 188 g/mol. The molecule has 0 aromatic rings. The van der Waals surface area contributed by atoms with Crippen LogP contribution in [-0.4, -0.2) is 35.0 Å². The fourth-order valence-electron chi connectivity index (χ4n) is 0.643. The van der Waals surface area contributed by atoms with E-state index in [1.807, 2.05) is 0 Å². The standard InChI is InChI=1S/C8H16N2O4/c1-4-14-8(12)6(10-13)9-7(11)5(2)3/h5,8,12-13H,4H2,1-3H3,(H,9,10,11). The van der Waals surface area contributed by atoms with Gasteiger partial charge in [-0.05, 0) is 6.92 Å². The first kappa shape index (κ1) is 12.9. The smallest absolute Gasteiger partial charge is 0.228 e. The minimum Gasteiger partial charge on any atom is -0.409 e. The number of hydrogen-bond acceptors (Lipinski definition) is 5. The lowest BCUT2D eigenvalue weighted by Gasteiger charge is -2.13. The van der Waals surface area contributed by atoms with Crippen molar-refractivity contribution in [2.24, 2.45) is 11.1 Å². The van der Waals surface area contributed by atoms with Crippen molar-refractivity contribution in [2.45, 2.75) is 27.1 Å². The molecule has 0 bridgehead atoms. The number of amides is 1. The van der Waals surface area contributed by atoms with Crippen molar-refractivity contribution in [3.63, 3.8) is 0 Å². The Labute approximate surface area is 82.6 Å². The van der Waals surface area contributed by atoms with Crippen molar-refractivity contribution in [2.75, 3.05) is 6.61 Å². The summed E-state index contributed by atoms with van der Waals surface area (Å²) in [6, 6.07) is 0. The van der Waals surface area contributed by atoms with Crippen LogP contribution < -0.4 is 5.32 Å². The number of hydrogen-bond donors (Lipinski definition) is 3. The van der Waals surface area contributed by atoms with Crippen LogP contribution in [0.15, 0.2) is 5.16 Å². The molecule has 3 N–H and O–H groups in total. The third kappa shape index (κ3) is 4.20. The lowest BCUT2D eigenvalue weighted by atomic mass is 10.2. The fourth-order valence-corrected chi connectivity index (χ4v) is 0.643. The van der Waals surface area contributed by atoms with E-state index in [2.05, 4.69) is 10.5 Å². The van der Waals surface area contributed by atoms with Gasteiger partial charge in [0.15, 0.2) is 0 Å². The molecule has 0 rings (SSSR count). The Bertz CT molecular complexity index is 215. The highest BCUT2D eigenvalue weighted by atomic mass is 16.6. The SMILES string of the molecule is CCOC(O)/C(=N/O)NC(=O)C(C)C. The van der Waals surface area contributed by atoms with Gasteiger partial charge in [-0.15, -0.1) is 0 Å². The largest absolute Gasteiger partial charge is 0.409 e. The van der Waals surface area contributed by atoms with Gasteiger partial charge >= 0.3 is 0 Å². The predicted molar refractivity (Wildman–Crippen MR) is 49.8 cm³/mol. The monoisotopic (exact) mass is 204 g/mol. The molecule has 1 atom stereocenters. The van der Waals surface area contributed by atoms with E-state index in [9.17, 15) is 9.90 Å². The van der Waals surface area contributed by atoms with Crippen LogP contribution in [0.4, 0.5) is 0 Å². The van der Waals surface area contributed by atoms with Crippen LogP contribution in [0, 0.1) is 5.92 Å². The van der Waals surface area contributed by atoms with Crippen LogP contribution in [0.1, 0.15) is 20.8 Å². The van der Waals surface area contributed by atoms with E-state index in [0.29, 0.717) is 0 Å². The Morgan fingerprint density at radius 3 is 2.50 bits per heavy atom. The summed E-state index contributed by atoms with van der Waals surface area (Å²) in [5.74, 6) is -0.914. The van der Waals surface area contributed by atoms with Crippen LogP contribution in [-0.2, 0) is 9.53 Å². The predicted octanol–water partition coefficient (Wildman–Crippen LogP) is -0.0988. The molecule has 0 aliphatic carbocycles. The molecule has 0 fully saturated rings. The zero-order valence-corrected chi connectivity index (χ0v) is 8.52. The molecule has 0 saturated heterocycles. The van der Waals surface area contributed by atoms with Crippen molar-refractivity contribution in [1.82, 2.24) is 5.32 Å². The number of nitrogens with zero attached hydrogens (tertiary/aromatic N) is 1. The number of aliphatic hydroxyl groups is 1. The maximum Gasteiger partial charge on any atom is 0.228 e. The van der Waals surface area contributed by atoms with Gasteiger partial charge in [0.25, 0.3) is 0 Å². The van der Waals surface area contributed by atoms with Gasteiger partial charge in [0, 0.05) is 12.5 Å². The first-order chi connectivity index (χ1) is 6.52. The van der Waals surface area contributed by atoms with Crippen molar-refractivity contribution >= 4 is 11.7 Å². The number of ether oxygens (including phenoxy) is 1. The highest BCUT2D eigenvalue weighted by Crippen LogP contribution is 1.94. The summed E-state index contributed by atoms with van der Waals surface area (Å²) in [6.07, 6.45) is -1.41. The van der Waals surface area contributed by atoms with E-state index < -0.39 is 6.29 Å². The summed E-state index contributed by atoms with van der Waals surface area (Å²) in [4.78, 5) is 11.2. The van der Waals surface area contributed by atoms with E-state index in [1.165, 1.54) is 0 Å². The fraction of sp³-hybridized carbons (Fsp3) is 0.750. The van der Waals surface area contributed by atoms with Gasteiger partial charge in [0.2, 0.25) is 18.0 Å². The van der Waals surface area contributed by atoms with Crippen molar-refractivity contribution in [3.8, 4) is 0 Å². The highest BCUT2D eigenvalue weighted by molar-refractivity contribution is 6.00. The second kappa shape index (κ2) is 6.33. The molecule has 6 nitrogen and oxygen atoms in total. The molecule has 1 amide bonds. The van der Waals surface area contributed by atoms with E-state index >= 15 is 0 Å². The molecule has 0 aliphatic rings. The third-order valence-corrected chi connectivity index (χ3v) is 1.44. The average molecular weight is 204 g/mol. The summed E-state index contributed by atoms with van der Waals surface area (Å²) in [5, 5.41) is 22.7. The van der Waals surface area contributed by atoms with Gasteiger partial charge in [-0.25, -0.2) is 0 Å². The van der Waals surface area contributed by atoms with E-state index in [4.69, 9.17) is 9.94 Å². The van der Waals surface area contributed by atoms with Gasteiger partial charge in [-0.1, -0.05) is 19.0 Å². The normalized spacial score (nSPS) is 14.2. The lowest BCUT2D eigenvalue weighted by molar-refractivity contribution is -0.123. The zero-order valence-electron chi connectivity index (χ0n) is 8.52. The Kier molecular flexibility index (Phi) is 5.82. The molecule has 0 heterocycles. The van der Waals surface area contributed by atoms with Gasteiger partial charge in [0.1, 0.15) is 0 Å². The topological polar surface area (TPSA) is 91.2 Å². The summed E-state index contributed by atoms with van der Waals surface area (Å²) in [7, 11) is 0. The molecule has 0 aliphatic heterocycles. The third-order valence-electron chi connectivity index (χ3n) is 1.44. The first-order valence-corrected chi connectivity index (χ1v) is 4.35. The molecule has 0 aromatic heterocycles. The Hall–Kier alpha value is -1.14. The first-order valence-electron chi connectivity index (χ1n) is 4.35. The summed E-state index contributed by atoms with van der Waals surface area (Å²) in [5.41, 5.74) is 0. The molecule has 14 heavy (non-hydrogen) atoms. The molecular formula is C8H16N2O4. The zero-order chi connectivity index (χ0) is 11.1.